The summed E-state index contributed by atoms with van der Waals surface area (Å²) in [5.41, 5.74) is 4.08. The summed E-state index contributed by atoms with van der Waals surface area (Å²) in [4.78, 5) is 75.3. The zero-order valence-electron chi connectivity index (χ0n) is 31.4. The molecule has 0 saturated carbocycles. The van der Waals surface area contributed by atoms with E-state index < -0.39 is 0 Å². The second kappa shape index (κ2) is 16.0. The summed E-state index contributed by atoms with van der Waals surface area (Å²) in [6.45, 7) is 0.893. The molecule has 7 heterocycles. The number of hydrogen-bond donors (Lipinski definition) is 1. The van der Waals surface area contributed by atoms with Gasteiger partial charge in [-0.3, -0.25) is 39.1 Å². The number of nitrogens with zero attached hydrogens (tertiary/aromatic N) is 8. The number of anilines is 2. The quantitative estimate of drug-likeness (QED) is 0.163. The van der Waals surface area contributed by atoms with Gasteiger partial charge in [0.2, 0.25) is 11.8 Å². The van der Waals surface area contributed by atoms with Crippen molar-refractivity contribution >= 4 is 23.5 Å². The summed E-state index contributed by atoms with van der Waals surface area (Å²) in [6, 6.07) is 33.6. The van der Waals surface area contributed by atoms with E-state index in [1.807, 2.05) is 78.9 Å². The van der Waals surface area contributed by atoms with Crippen molar-refractivity contribution in [3.63, 3.8) is 0 Å². The highest BCUT2D eigenvalue weighted by Gasteiger charge is 2.32. The third-order valence-electron chi connectivity index (χ3n) is 10.4. The standard InChI is InChI=1S/C45H37N9O4/c55-38(53-25-11-17-32-41(53)49-39(51-43(32)56)35-19-4-7-22-46-35)28-34(29-13-2-1-3-14-29)30-15-10-16-31(27-30)58-44-33-18-12-26-54(45(57)37-21-6-9-24-48-37)42(33)50-40(52-44)36-20-5-8-23-47-36/h1-10,13-16,19-24,27,34H,11-12,17-18,25-26,28H2,(H,49,51,56). The number of ether oxygens (including phenoxy) is 1. The van der Waals surface area contributed by atoms with Gasteiger partial charge in [0, 0.05) is 44.0 Å². The second-order valence-corrected chi connectivity index (χ2v) is 14.1. The van der Waals surface area contributed by atoms with Crippen LogP contribution in [-0.4, -0.2) is 59.8 Å². The van der Waals surface area contributed by atoms with Crippen LogP contribution in [0.15, 0.2) is 133 Å². The molecule has 13 nitrogen and oxygen atoms in total. The Labute approximate surface area is 333 Å². The number of H-pyrrole nitrogens is 1. The Kier molecular flexibility index (Phi) is 9.99. The van der Waals surface area contributed by atoms with E-state index in [0.717, 1.165) is 11.1 Å². The monoisotopic (exact) mass is 767 g/mol. The molecule has 2 aromatic carbocycles. The molecule has 0 spiro atoms. The van der Waals surface area contributed by atoms with Crippen molar-refractivity contribution in [3.8, 4) is 34.7 Å². The van der Waals surface area contributed by atoms with E-state index >= 15 is 0 Å². The van der Waals surface area contributed by atoms with Crippen LogP contribution in [0.3, 0.4) is 0 Å². The van der Waals surface area contributed by atoms with E-state index in [0.29, 0.717) is 102 Å². The molecule has 1 atom stereocenters. The number of amides is 2. The van der Waals surface area contributed by atoms with Gasteiger partial charge in [0.05, 0.1) is 11.1 Å². The highest BCUT2D eigenvalue weighted by Crippen LogP contribution is 2.38. The third kappa shape index (κ3) is 7.32. The molecule has 58 heavy (non-hydrogen) atoms. The van der Waals surface area contributed by atoms with E-state index in [4.69, 9.17) is 19.7 Å². The fraction of sp³-hybridized carbons (Fsp3) is 0.178. The van der Waals surface area contributed by atoms with Gasteiger partial charge in [-0.15, -0.1) is 0 Å². The van der Waals surface area contributed by atoms with Gasteiger partial charge in [0.15, 0.2) is 11.6 Å². The Morgan fingerprint density at radius 3 is 2.09 bits per heavy atom. The van der Waals surface area contributed by atoms with Crippen LogP contribution in [0.5, 0.6) is 11.6 Å². The van der Waals surface area contributed by atoms with Gasteiger partial charge in [-0.25, -0.2) is 9.97 Å². The number of aromatic nitrogens is 7. The zero-order chi connectivity index (χ0) is 39.4. The number of aromatic amines is 1. The topological polar surface area (TPSA) is 160 Å². The Bertz CT molecular complexity index is 2660. The largest absolute Gasteiger partial charge is 0.439 e. The molecule has 7 aromatic rings. The SMILES string of the molecule is O=C(c1ccccn1)N1CCCc2c(Oc3cccc(C(CC(=O)N4CCCc5c4nc(-c4ccccn4)[nH]c5=O)c4ccccc4)c3)nc(-c3ccccn3)nc21. The highest BCUT2D eigenvalue weighted by molar-refractivity contribution is 6.05. The minimum Gasteiger partial charge on any atom is -0.439 e. The smallest absolute Gasteiger partial charge is 0.278 e. The van der Waals surface area contributed by atoms with Crippen molar-refractivity contribution in [3.05, 3.63) is 166 Å². The molecular formula is C45H37N9O4. The van der Waals surface area contributed by atoms with Gasteiger partial charge in [0.1, 0.15) is 34.5 Å². The molecule has 13 heteroatoms. The van der Waals surface area contributed by atoms with Crippen LogP contribution in [0.25, 0.3) is 23.0 Å². The molecule has 0 fully saturated rings. The van der Waals surface area contributed by atoms with Crippen LogP contribution in [-0.2, 0) is 17.6 Å². The van der Waals surface area contributed by atoms with Crippen molar-refractivity contribution in [2.24, 2.45) is 0 Å². The van der Waals surface area contributed by atoms with Gasteiger partial charge in [-0.1, -0.05) is 60.7 Å². The average molecular weight is 768 g/mol. The van der Waals surface area contributed by atoms with Crippen LogP contribution in [0.1, 0.15) is 57.9 Å². The second-order valence-electron chi connectivity index (χ2n) is 14.1. The molecular weight excluding hydrogens is 731 g/mol. The lowest BCUT2D eigenvalue weighted by atomic mass is 9.87. The lowest BCUT2D eigenvalue weighted by Crippen LogP contribution is -2.39. The molecule has 0 saturated heterocycles. The van der Waals surface area contributed by atoms with Crippen LogP contribution < -0.4 is 20.1 Å². The van der Waals surface area contributed by atoms with Crippen LogP contribution in [0, 0.1) is 0 Å². The number of hydrogen-bond acceptors (Lipinski definition) is 10. The lowest BCUT2D eigenvalue weighted by Gasteiger charge is -2.30. The van der Waals surface area contributed by atoms with Crippen molar-refractivity contribution in [1.29, 1.82) is 0 Å². The molecule has 1 N–H and O–H groups in total. The number of pyridine rings is 3. The Morgan fingerprint density at radius 1 is 0.672 bits per heavy atom. The fourth-order valence-electron chi connectivity index (χ4n) is 7.56. The van der Waals surface area contributed by atoms with Crippen molar-refractivity contribution in [2.75, 3.05) is 22.9 Å². The first-order chi connectivity index (χ1) is 28.5. The summed E-state index contributed by atoms with van der Waals surface area (Å²) >= 11 is 0. The number of nitrogens with one attached hydrogen (secondary N) is 1. The van der Waals surface area contributed by atoms with E-state index in [2.05, 4.69) is 19.9 Å². The molecule has 9 rings (SSSR count). The average Bonchev–Trinajstić information content (AvgIpc) is 3.28. The summed E-state index contributed by atoms with van der Waals surface area (Å²) in [5.74, 6) is 1.50. The molecule has 0 bridgehead atoms. The third-order valence-corrected chi connectivity index (χ3v) is 10.4. The summed E-state index contributed by atoms with van der Waals surface area (Å²) in [5, 5.41) is 0. The summed E-state index contributed by atoms with van der Waals surface area (Å²) in [6.07, 6.45) is 7.44. The van der Waals surface area contributed by atoms with Crippen molar-refractivity contribution < 1.29 is 14.3 Å². The molecule has 0 aliphatic carbocycles. The van der Waals surface area contributed by atoms with Gasteiger partial charge in [0.25, 0.3) is 11.5 Å². The zero-order valence-corrected chi connectivity index (χ0v) is 31.4. The van der Waals surface area contributed by atoms with Gasteiger partial charge in [-0.05, 0) is 85.3 Å². The van der Waals surface area contributed by atoms with Crippen LogP contribution in [0.4, 0.5) is 11.6 Å². The van der Waals surface area contributed by atoms with Crippen LogP contribution in [0.2, 0.25) is 0 Å². The van der Waals surface area contributed by atoms with Crippen LogP contribution >= 0.6 is 0 Å². The van der Waals surface area contributed by atoms with E-state index in [1.54, 1.807) is 58.7 Å². The molecule has 2 aliphatic rings. The Morgan fingerprint density at radius 2 is 1.34 bits per heavy atom. The number of benzene rings is 2. The molecule has 1 unspecified atom stereocenters. The Hall–Kier alpha value is -7.41. The van der Waals surface area contributed by atoms with Gasteiger partial charge >= 0.3 is 0 Å². The highest BCUT2D eigenvalue weighted by atomic mass is 16.5. The number of carbonyl (C=O) groups is 2. The lowest BCUT2D eigenvalue weighted by molar-refractivity contribution is -0.119. The predicted octanol–water partition coefficient (Wildman–Crippen LogP) is 6.97. The number of rotatable bonds is 9. The molecule has 5 aromatic heterocycles. The normalized spacial score (nSPS) is 13.9. The fourth-order valence-corrected chi connectivity index (χ4v) is 7.56. The van der Waals surface area contributed by atoms with Gasteiger partial charge < -0.3 is 9.72 Å². The first kappa shape index (κ1) is 36.2. The van der Waals surface area contributed by atoms with Crippen molar-refractivity contribution in [2.45, 2.75) is 38.0 Å². The first-order valence-corrected chi connectivity index (χ1v) is 19.2. The predicted molar refractivity (Wildman–Crippen MR) is 218 cm³/mol. The number of carbonyl (C=O) groups excluding carboxylic acids is 2. The molecule has 2 amide bonds. The molecule has 286 valence electrons. The van der Waals surface area contributed by atoms with E-state index in [9.17, 15) is 14.4 Å². The minimum atomic E-state index is -0.366. The van der Waals surface area contributed by atoms with Gasteiger partial charge in [-0.2, -0.15) is 4.98 Å². The maximum Gasteiger partial charge on any atom is 0.278 e. The maximum absolute atomic E-state index is 14.4. The summed E-state index contributed by atoms with van der Waals surface area (Å²) < 4.78 is 6.65. The maximum atomic E-state index is 14.4. The summed E-state index contributed by atoms with van der Waals surface area (Å²) in [7, 11) is 0. The van der Waals surface area contributed by atoms with Crippen molar-refractivity contribution in [1.82, 2.24) is 34.9 Å². The minimum absolute atomic E-state index is 0.109. The van der Waals surface area contributed by atoms with E-state index in [-0.39, 0.29) is 29.7 Å². The Balaban J connectivity index is 1.06. The first-order valence-electron chi connectivity index (χ1n) is 19.2. The number of fused-ring (bicyclic) bond motifs is 2. The molecule has 0 radical (unpaired) electrons. The van der Waals surface area contributed by atoms with E-state index in [1.165, 1.54) is 0 Å². The molecule has 2 aliphatic heterocycles.